The first kappa shape index (κ1) is 13.7. The predicted octanol–water partition coefficient (Wildman–Crippen LogP) is 2.71. The number of hydrogen-bond acceptors (Lipinski definition) is 2. The van der Waals surface area contributed by atoms with Gasteiger partial charge in [-0.2, -0.15) is 0 Å². The van der Waals surface area contributed by atoms with Gasteiger partial charge in [0.05, 0.1) is 5.41 Å². The molecule has 0 fully saturated rings. The lowest BCUT2D eigenvalue weighted by Gasteiger charge is -2.36. The van der Waals surface area contributed by atoms with Gasteiger partial charge in [0, 0.05) is 6.04 Å². The number of benzene rings is 1. The maximum Gasteiger partial charge on any atom is 0.311 e. The summed E-state index contributed by atoms with van der Waals surface area (Å²) >= 11 is 0. The van der Waals surface area contributed by atoms with Crippen LogP contribution in [0.2, 0.25) is 0 Å². The third-order valence-electron chi connectivity index (χ3n) is 3.11. The molecule has 0 bridgehead atoms. The molecular formula is C14H21NO2. The van der Waals surface area contributed by atoms with E-state index in [1.54, 1.807) is 13.8 Å². The van der Waals surface area contributed by atoms with Crippen molar-refractivity contribution in [2.24, 2.45) is 5.41 Å². The molecule has 0 aliphatic rings. The second kappa shape index (κ2) is 4.88. The van der Waals surface area contributed by atoms with Crippen LogP contribution in [0, 0.1) is 12.3 Å². The number of carboxylic acids is 1. The Morgan fingerprint density at radius 3 is 2.35 bits per heavy atom. The lowest BCUT2D eigenvalue weighted by atomic mass is 9.79. The summed E-state index contributed by atoms with van der Waals surface area (Å²) in [7, 11) is 3.83. The van der Waals surface area contributed by atoms with Crippen molar-refractivity contribution in [3.63, 3.8) is 0 Å². The average Bonchev–Trinajstić information content (AvgIpc) is 2.16. The summed E-state index contributed by atoms with van der Waals surface area (Å²) in [6, 6.07) is 7.89. The topological polar surface area (TPSA) is 40.5 Å². The van der Waals surface area contributed by atoms with Gasteiger partial charge in [0.1, 0.15) is 0 Å². The molecule has 1 rings (SSSR count). The Labute approximate surface area is 103 Å². The zero-order valence-corrected chi connectivity index (χ0v) is 11.2. The Morgan fingerprint density at radius 1 is 1.35 bits per heavy atom. The molecular weight excluding hydrogens is 214 g/mol. The van der Waals surface area contributed by atoms with E-state index in [2.05, 4.69) is 6.07 Å². The minimum atomic E-state index is -0.822. The number of hydrogen-bond donors (Lipinski definition) is 1. The molecule has 0 heterocycles. The summed E-state index contributed by atoms with van der Waals surface area (Å²) in [4.78, 5) is 13.4. The van der Waals surface area contributed by atoms with Crippen LogP contribution in [0.1, 0.15) is 31.0 Å². The van der Waals surface area contributed by atoms with Crippen molar-refractivity contribution < 1.29 is 9.90 Å². The third kappa shape index (κ3) is 2.86. The highest BCUT2D eigenvalue weighted by molar-refractivity contribution is 5.75. The fourth-order valence-corrected chi connectivity index (χ4v) is 2.32. The Bertz CT molecular complexity index is 410. The number of nitrogens with zero attached hydrogens (tertiary/aromatic N) is 1. The third-order valence-corrected chi connectivity index (χ3v) is 3.11. The smallest absolute Gasteiger partial charge is 0.311 e. The highest BCUT2D eigenvalue weighted by Crippen LogP contribution is 2.37. The van der Waals surface area contributed by atoms with E-state index < -0.39 is 11.4 Å². The summed E-state index contributed by atoms with van der Waals surface area (Å²) in [6.07, 6.45) is 0. The summed E-state index contributed by atoms with van der Waals surface area (Å²) in [6.45, 7) is 5.55. The first-order valence-electron chi connectivity index (χ1n) is 5.73. The van der Waals surface area contributed by atoms with Crippen molar-refractivity contribution in [2.75, 3.05) is 14.1 Å². The van der Waals surface area contributed by atoms with Crippen LogP contribution in [0.25, 0.3) is 0 Å². The van der Waals surface area contributed by atoms with Gasteiger partial charge in [-0.3, -0.25) is 4.79 Å². The van der Waals surface area contributed by atoms with Crippen molar-refractivity contribution in [1.82, 2.24) is 4.90 Å². The molecule has 3 heteroatoms. The van der Waals surface area contributed by atoms with E-state index in [-0.39, 0.29) is 6.04 Å². The van der Waals surface area contributed by atoms with Gasteiger partial charge >= 0.3 is 5.97 Å². The van der Waals surface area contributed by atoms with Gasteiger partial charge in [-0.1, -0.05) is 29.8 Å². The summed E-state index contributed by atoms with van der Waals surface area (Å²) in [5, 5.41) is 9.36. The normalized spacial score (nSPS) is 13.8. The first-order chi connectivity index (χ1) is 7.76. The predicted molar refractivity (Wildman–Crippen MR) is 69.0 cm³/mol. The molecule has 94 valence electrons. The lowest BCUT2D eigenvalue weighted by molar-refractivity contribution is -0.150. The highest BCUT2D eigenvalue weighted by Gasteiger charge is 2.39. The molecule has 0 aliphatic heterocycles. The number of aliphatic carboxylic acids is 1. The molecule has 17 heavy (non-hydrogen) atoms. The van der Waals surface area contributed by atoms with Gasteiger partial charge < -0.3 is 10.0 Å². The molecule has 0 aromatic heterocycles. The maximum atomic E-state index is 11.4. The molecule has 1 N–H and O–H groups in total. The molecule has 0 aliphatic carbocycles. The van der Waals surface area contributed by atoms with E-state index in [1.807, 2.05) is 44.1 Å². The van der Waals surface area contributed by atoms with Gasteiger partial charge in [-0.25, -0.2) is 0 Å². The van der Waals surface area contributed by atoms with Crippen molar-refractivity contribution in [1.29, 1.82) is 0 Å². The van der Waals surface area contributed by atoms with Gasteiger partial charge in [0.15, 0.2) is 0 Å². The molecule has 0 radical (unpaired) electrons. The van der Waals surface area contributed by atoms with Gasteiger partial charge in [-0.15, -0.1) is 0 Å². The van der Waals surface area contributed by atoms with E-state index >= 15 is 0 Å². The quantitative estimate of drug-likeness (QED) is 0.872. The Balaban J connectivity index is 3.23. The van der Waals surface area contributed by atoms with Gasteiger partial charge in [0.2, 0.25) is 0 Å². The van der Waals surface area contributed by atoms with Crippen LogP contribution in [0.4, 0.5) is 0 Å². The monoisotopic (exact) mass is 235 g/mol. The van der Waals surface area contributed by atoms with Crippen molar-refractivity contribution in [3.8, 4) is 0 Å². The largest absolute Gasteiger partial charge is 0.481 e. The highest BCUT2D eigenvalue weighted by atomic mass is 16.4. The second-order valence-electron chi connectivity index (χ2n) is 5.31. The Kier molecular flexibility index (Phi) is 3.94. The van der Waals surface area contributed by atoms with Crippen LogP contribution >= 0.6 is 0 Å². The van der Waals surface area contributed by atoms with Crippen LogP contribution in [-0.2, 0) is 4.79 Å². The van der Waals surface area contributed by atoms with Crippen molar-refractivity contribution in [3.05, 3.63) is 35.4 Å². The second-order valence-corrected chi connectivity index (χ2v) is 5.31. The van der Waals surface area contributed by atoms with E-state index in [0.717, 1.165) is 11.1 Å². The van der Waals surface area contributed by atoms with E-state index in [4.69, 9.17) is 0 Å². The number of aryl methyl sites for hydroxylation is 1. The molecule has 1 aromatic carbocycles. The molecule has 0 spiro atoms. The number of rotatable bonds is 4. The van der Waals surface area contributed by atoms with Crippen LogP contribution in [0.3, 0.4) is 0 Å². The summed E-state index contributed by atoms with van der Waals surface area (Å²) < 4.78 is 0. The van der Waals surface area contributed by atoms with E-state index in [9.17, 15) is 9.90 Å². The molecule has 1 unspecified atom stereocenters. The molecule has 1 aromatic rings. The number of carboxylic acid groups (broad SMARTS) is 1. The average molecular weight is 235 g/mol. The van der Waals surface area contributed by atoms with Crippen LogP contribution in [0.15, 0.2) is 24.3 Å². The van der Waals surface area contributed by atoms with Gasteiger partial charge in [0.25, 0.3) is 0 Å². The standard InChI is InChI=1S/C14H21NO2/c1-10-7-6-8-11(9-10)12(15(4)5)14(2,3)13(16)17/h6-9,12H,1-5H3,(H,16,17). The van der Waals surface area contributed by atoms with Crippen LogP contribution < -0.4 is 0 Å². The van der Waals surface area contributed by atoms with Crippen LogP contribution in [-0.4, -0.2) is 30.1 Å². The molecule has 0 amide bonds. The fraction of sp³-hybridized carbons (Fsp3) is 0.500. The lowest BCUT2D eigenvalue weighted by Crippen LogP contribution is -2.39. The van der Waals surface area contributed by atoms with Crippen LogP contribution in [0.5, 0.6) is 0 Å². The van der Waals surface area contributed by atoms with Crippen molar-refractivity contribution >= 4 is 5.97 Å². The molecule has 3 nitrogen and oxygen atoms in total. The maximum absolute atomic E-state index is 11.4. The van der Waals surface area contributed by atoms with Gasteiger partial charge in [-0.05, 0) is 40.4 Å². The van der Waals surface area contributed by atoms with Crippen molar-refractivity contribution in [2.45, 2.75) is 26.8 Å². The molecule has 1 atom stereocenters. The zero-order chi connectivity index (χ0) is 13.2. The fourth-order valence-electron chi connectivity index (χ4n) is 2.32. The van der Waals surface area contributed by atoms with E-state index in [1.165, 1.54) is 0 Å². The minimum Gasteiger partial charge on any atom is -0.481 e. The van der Waals surface area contributed by atoms with E-state index in [0.29, 0.717) is 0 Å². The minimum absolute atomic E-state index is 0.139. The first-order valence-corrected chi connectivity index (χ1v) is 5.73. The zero-order valence-electron chi connectivity index (χ0n) is 11.2. The SMILES string of the molecule is Cc1cccc(C(N(C)C)C(C)(C)C(=O)O)c1. The molecule has 0 saturated carbocycles. The Morgan fingerprint density at radius 2 is 1.94 bits per heavy atom. The summed E-state index contributed by atoms with van der Waals surface area (Å²) in [5.41, 5.74) is 1.37. The number of carbonyl (C=O) groups is 1. The Hall–Kier alpha value is -1.35. The molecule has 0 saturated heterocycles. The summed E-state index contributed by atoms with van der Waals surface area (Å²) in [5.74, 6) is -0.780.